The van der Waals surface area contributed by atoms with E-state index in [4.69, 9.17) is 25.8 Å². The Bertz CT molecular complexity index is 1260. The summed E-state index contributed by atoms with van der Waals surface area (Å²) in [5.74, 6) is 0.703. The predicted octanol–water partition coefficient (Wildman–Crippen LogP) is 5.36. The van der Waals surface area contributed by atoms with Crippen LogP contribution in [0.3, 0.4) is 0 Å². The molecule has 0 atom stereocenters. The summed E-state index contributed by atoms with van der Waals surface area (Å²) in [7, 11) is 0. The van der Waals surface area contributed by atoms with Crippen molar-refractivity contribution in [1.82, 2.24) is 5.43 Å². The van der Waals surface area contributed by atoms with Crippen LogP contribution in [0.25, 0.3) is 6.08 Å². The van der Waals surface area contributed by atoms with Crippen LogP contribution < -0.4 is 24.6 Å². The highest BCUT2D eigenvalue weighted by Gasteiger charge is 2.34. The molecule has 186 valence electrons. The molecule has 7 nitrogen and oxygen atoms in total. The second kappa shape index (κ2) is 11.6. The van der Waals surface area contributed by atoms with Gasteiger partial charge in [-0.3, -0.25) is 15.0 Å². The van der Waals surface area contributed by atoms with Crippen LogP contribution in [0.5, 0.6) is 17.2 Å². The molecule has 3 aromatic rings. The highest BCUT2D eigenvalue weighted by molar-refractivity contribution is 6.33. The highest BCUT2D eigenvalue weighted by atomic mass is 35.5. The molecule has 0 spiro atoms. The number of benzene rings is 3. The van der Waals surface area contributed by atoms with Crippen molar-refractivity contribution < 1.29 is 23.8 Å². The number of halogens is 1. The van der Waals surface area contributed by atoms with Crippen molar-refractivity contribution in [2.24, 2.45) is 0 Å². The third kappa shape index (κ3) is 5.98. The summed E-state index contributed by atoms with van der Waals surface area (Å²) in [5, 5.41) is 1.54. The lowest BCUT2D eigenvalue weighted by Gasteiger charge is -2.15. The number of rotatable bonds is 10. The number of hydrazine groups is 1. The predicted molar refractivity (Wildman–Crippen MR) is 139 cm³/mol. The van der Waals surface area contributed by atoms with Crippen molar-refractivity contribution in [3.63, 3.8) is 0 Å². The topological polar surface area (TPSA) is 77.1 Å². The van der Waals surface area contributed by atoms with Gasteiger partial charge in [-0.1, -0.05) is 47.5 Å². The number of hydrogen-bond donors (Lipinski definition) is 1. The fourth-order valence-corrected chi connectivity index (χ4v) is 3.89. The Morgan fingerprint density at radius 2 is 1.67 bits per heavy atom. The molecule has 0 unspecified atom stereocenters. The minimum Gasteiger partial charge on any atom is -0.493 e. The van der Waals surface area contributed by atoms with E-state index in [-0.39, 0.29) is 5.57 Å². The van der Waals surface area contributed by atoms with Crippen molar-refractivity contribution in [3.8, 4) is 17.2 Å². The molecule has 1 saturated heterocycles. The quantitative estimate of drug-likeness (QED) is 0.228. The lowest BCUT2D eigenvalue weighted by Crippen LogP contribution is -2.35. The number of nitrogens with zero attached hydrogens (tertiary/aromatic N) is 1. The van der Waals surface area contributed by atoms with Gasteiger partial charge in [0.05, 0.1) is 30.5 Å². The Kier molecular flexibility index (Phi) is 8.13. The molecule has 1 aliphatic heterocycles. The molecule has 0 saturated carbocycles. The third-order valence-electron chi connectivity index (χ3n) is 5.37. The van der Waals surface area contributed by atoms with Gasteiger partial charge in [0, 0.05) is 6.42 Å². The molecule has 2 amide bonds. The average molecular weight is 507 g/mol. The molecule has 0 aliphatic carbocycles. The molecule has 0 radical (unpaired) electrons. The van der Waals surface area contributed by atoms with Crippen LogP contribution in [0.1, 0.15) is 24.5 Å². The van der Waals surface area contributed by atoms with Gasteiger partial charge in [0.15, 0.2) is 11.5 Å². The number of hydrogen-bond acceptors (Lipinski definition) is 5. The maximum Gasteiger partial charge on any atom is 0.282 e. The first-order valence-electron chi connectivity index (χ1n) is 11.7. The second-order valence-electron chi connectivity index (χ2n) is 8.10. The van der Waals surface area contributed by atoms with E-state index in [0.717, 1.165) is 5.75 Å². The summed E-state index contributed by atoms with van der Waals surface area (Å²) in [6.07, 6.45) is 2.14. The fourth-order valence-electron chi connectivity index (χ4n) is 3.61. The van der Waals surface area contributed by atoms with E-state index in [1.807, 2.05) is 44.2 Å². The van der Waals surface area contributed by atoms with E-state index in [9.17, 15) is 9.59 Å². The molecule has 0 aromatic heterocycles. The first-order chi connectivity index (χ1) is 17.5. The van der Waals surface area contributed by atoms with Crippen LogP contribution in [0.4, 0.5) is 5.69 Å². The number of amides is 2. The summed E-state index contributed by atoms with van der Waals surface area (Å²) in [5.41, 5.74) is 4.88. The standard InChI is InChI=1S/C28H27ClN2O5/c1-3-34-25-18-20(16-23-27(32)30-31(28(23)33)21-8-5-4-6-9-21)17-24(29)26(25)36-15-7-14-35-22-12-10-19(2)11-13-22/h4-6,8-13,16-18H,3,7,14-15H2,1-2H3,(H,30,32)/b23-16+. The number of ether oxygens (including phenoxy) is 3. The Morgan fingerprint density at radius 3 is 2.39 bits per heavy atom. The Balaban J connectivity index is 1.44. The number of carbonyl (C=O) groups excluding carboxylic acids is 2. The first kappa shape index (κ1) is 25.1. The van der Waals surface area contributed by atoms with Crippen LogP contribution >= 0.6 is 11.6 Å². The maximum absolute atomic E-state index is 12.9. The number of aryl methyl sites for hydroxylation is 1. The SMILES string of the molecule is CCOc1cc(/C=C2\C(=O)NN(c3ccccc3)C2=O)cc(Cl)c1OCCCOc1ccc(C)cc1. The normalized spacial score (nSPS) is 14.2. The van der Waals surface area contributed by atoms with Crippen LogP contribution in [0.2, 0.25) is 5.02 Å². The number of para-hydroxylation sites is 1. The number of anilines is 1. The van der Waals surface area contributed by atoms with Gasteiger partial charge in [0.25, 0.3) is 11.8 Å². The van der Waals surface area contributed by atoms with Gasteiger partial charge in [-0.05, 0) is 61.9 Å². The molecule has 1 fully saturated rings. The number of carbonyl (C=O) groups is 2. The molecular formula is C28H27ClN2O5. The summed E-state index contributed by atoms with van der Waals surface area (Å²) < 4.78 is 17.4. The Hall–Kier alpha value is -3.97. The maximum atomic E-state index is 12.9. The summed E-state index contributed by atoms with van der Waals surface area (Å²) in [6, 6.07) is 20.1. The molecule has 4 rings (SSSR count). The lowest BCUT2D eigenvalue weighted by atomic mass is 10.1. The molecule has 0 bridgehead atoms. The molecule has 1 heterocycles. The monoisotopic (exact) mass is 506 g/mol. The summed E-state index contributed by atoms with van der Waals surface area (Å²) in [4.78, 5) is 25.4. The van der Waals surface area contributed by atoms with Crippen molar-refractivity contribution in [2.45, 2.75) is 20.3 Å². The van der Waals surface area contributed by atoms with E-state index >= 15 is 0 Å². The van der Waals surface area contributed by atoms with Gasteiger partial charge in [-0.2, -0.15) is 0 Å². The van der Waals surface area contributed by atoms with Gasteiger partial charge in [-0.15, -0.1) is 0 Å². The Morgan fingerprint density at radius 1 is 0.944 bits per heavy atom. The van der Waals surface area contributed by atoms with Crippen LogP contribution in [0, 0.1) is 6.92 Å². The van der Waals surface area contributed by atoms with Crippen molar-refractivity contribution in [1.29, 1.82) is 0 Å². The zero-order chi connectivity index (χ0) is 25.5. The van der Waals surface area contributed by atoms with Crippen LogP contribution in [-0.2, 0) is 9.59 Å². The van der Waals surface area contributed by atoms with E-state index in [1.54, 1.807) is 36.4 Å². The molecule has 8 heteroatoms. The van der Waals surface area contributed by atoms with Gasteiger partial charge in [0.1, 0.15) is 11.3 Å². The zero-order valence-corrected chi connectivity index (χ0v) is 20.9. The lowest BCUT2D eigenvalue weighted by molar-refractivity contribution is -0.117. The number of nitrogens with one attached hydrogen (secondary N) is 1. The molecule has 1 N–H and O–H groups in total. The van der Waals surface area contributed by atoms with E-state index < -0.39 is 11.8 Å². The smallest absolute Gasteiger partial charge is 0.282 e. The minimum atomic E-state index is -0.494. The highest BCUT2D eigenvalue weighted by Crippen LogP contribution is 2.37. The van der Waals surface area contributed by atoms with Crippen molar-refractivity contribution in [2.75, 3.05) is 24.8 Å². The van der Waals surface area contributed by atoms with Gasteiger partial charge >= 0.3 is 0 Å². The molecular weight excluding hydrogens is 480 g/mol. The van der Waals surface area contributed by atoms with E-state index in [1.165, 1.54) is 16.6 Å². The Labute approximate surface area is 215 Å². The van der Waals surface area contributed by atoms with Crippen LogP contribution in [0.15, 0.2) is 72.3 Å². The van der Waals surface area contributed by atoms with E-state index in [0.29, 0.717) is 54.0 Å². The van der Waals surface area contributed by atoms with Gasteiger partial charge < -0.3 is 14.2 Å². The van der Waals surface area contributed by atoms with E-state index in [2.05, 4.69) is 5.43 Å². The molecule has 1 aliphatic rings. The first-order valence-corrected chi connectivity index (χ1v) is 12.0. The third-order valence-corrected chi connectivity index (χ3v) is 5.65. The molecule has 3 aromatic carbocycles. The fraction of sp³-hybridized carbons (Fsp3) is 0.214. The van der Waals surface area contributed by atoms with Crippen molar-refractivity contribution >= 4 is 35.2 Å². The zero-order valence-electron chi connectivity index (χ0n) is 20.1. The van der Waals surface area contributed by atoms with Crippen molar-refractivity contribution in [3.05, 3.63) is 88.5 Å². The largest absolute Gasteiger partial charge is 0.493 e. The molecule has 36 heavy (non-hydrogen) atoms. The van der Waals surface area contributed by atoms with Gasteiger partial charge in [-0.25, -0.2) is 5.01 Å². The summed E-state index contributed by atoms with van der Waals surface area (Å²) in [6.45, 7) is 5.14. The summed E-state index contributed by atoms with van der Waals surface area (Å²) >= 11 is 6.52. The second-order valence-corrected chi connectivity index (χ2v) is 8.51. The van der Waals surface area contributed by atoms with Gasteiger partial charge in [0.2, 0.25) is 0 Å². The average Bonchev–Trinajstić information content (AvgIpc) is 3.15. The van der Waals surface area contributed by atoms with Crippen LogP contribution in [-0.4, -0.2) is 31.6 Å². The minimum absolute atomic E-state index is 0.000656.